The van der Waals surface area contributed by atoms with E-state index in [2.05, 4.69) is 15.9 Å². The van der Waals surface area contributed by atoms with E-state index in [-0.39, 0.29) is 37.6 Å². The van der Waals surface area contributed by atoms with Crippen LogP contribution >= 0.6 is 38.6 Å². The minimum Gasteiger partial charge on any atom is -0.340 e. The van der Waals surface area contributed by atoms with Gasteiger partial charge in [0.05, 0.1) is 8.66 Å². The molecule has 2 aromatic rings. The lowest BCUT2D eigenvalue weighted by atomic mass is 10.1. The first-order valence-electron chi connectivity index (χ1n) is 7.98. The largest absolute Gasteiger partial charge is 0.340 e. The lowest BCUT2D eigenvalue weighted by molar-refractivity contribution is -0.132. The van der Waals surface area contributed by atoms with Crippen LogP contribution in [0.1, 0.15) is 22.5 Å². The van der Waals surface area contributed by atoms with Gasteiger partial charge >= 0.3 is 0 Å². The van der Waals surface area contributed by atoms with Crippen molar-refractivity contribution in [1.82, 2.24) is 9.21 Å². The van der Waals surface area contributed by atoms with Crippen LogP contribution in [-0.2, 0) is 14.8 Å². The van der Waals surface area contributed by atoms with Crippen molar-refractivity contribution in [1.29, 1.82) is 0 Å². The number of piperazine rings is 1. The van der Waals surface area contributed by atoms with Gasteiger partial charge in [0.1, 0.15) is 4.21 Å². The van der Waals surface area contributed by atoms with E-state index in [0.29, 0.717) is 22.2 Å². The van der Waals surface area contributed by atoms with Crippen LogP contribution in [0.3, 0.4) is 0 Å². The zero-order valence-electron chi connectivity index (χ0n) is 13.8. The molecule has 1 aliphatic rings. The van der Waals surface area contributed by atoms with Gasteiger partial charge in [0.2, 0.25) is 5.91 Å². The molecule has 0 radical (unpaired) electrons. The highest BCUT2D eigenvalue weighted by atomic mass is 79.9. The number of nitrogens with zero attached hydrogens (tertiary/aromatic N) is 2. The van der Waals surface area contributed by atoms with Crippen LogP contribution in [0.15, 0.2) is 37.6 Å². The number of carbonyl (C=O) groups excluding carboxylic acids is 2. The Labute approximate surface area is 168 Å². The lowest BCUT2D eigenvalue weighted by Crippen LogP contribution is -2.50. The fraction of sp³-hybridized carbons (Fsp3) is 0.375. The summed E-state index contributed by atoms with van der Waals surface area (Å²) in [4.78, 5) is 26.6. The molecule has 0 unspecified atom stereocenters. The predicted octanol–water partition coefficient (Wildman–Crippen LogP) is 3.07. The third-order valence-electron chi connectivity index (χ3n) is 4.10. The minimum atomic E-state index is -3.51. The second kappa shape index (κ2) is 8.30. The number of rotatable bonds is 6. The van der Waals surface area contributed by atoms with E-state index in [9.17, 15) is 18.0 Å². The van der Waals surface area contributed by atoms with Crippen molar-refractivity contribution < 1.29 is 18.0 Å². The van der Waals surface area contributed by atoms with Gasteiger partial charge in [-0.05, 0) is 39.5 Å². The van der Waals surface area contributed by atoms with E-state index in [1.54, 1.807) is 23.1 Å². The molecule has 1 fully saturated rings. The molecule has 0 bridgehead atoms. The molecule has 0 spiro atoms. The van der Waals surface area contributed by atoms with Crippen molar-refractivity contribution >= 4 is 60.3 Å². The molecule has 0 saturated carbocycles. The van der Waals surface area contributed by atoms with Gasteiger partial charge in [0.25, 0.3) is 10.0 Å². The molecule has 0 aliphatic carbocycles. The maximum Gasteiger partial charge on any atom is 0.252 e. The number of sulfonamides is 1. The second-order valence-electron chi connectivity index (χ2n) is 5.74. The number of amides is 1. The van der Waals surface area contributed by atoms with Gasteiger partial charge in [-0.25, -0.2) is 8.42 Å². The molecular weight excluding hydrogens is 460 g/mol. The van der Waals surface area contributed by atoms with E-state index in [1.165, 1.54) is 27.0 Å². The summed E-state index contributed by atoms with van der Waals surface area (Å²) in [5.41, 5.74) is 0. The number of carbonyl (C=O) groups is 2. The molecule has 6 nitrogen and oxygen atoms in total. The Morgan fingerprint density at radius 3 is 2.38 bits per heavy atom. The predicted molar refractivity (Wildman–Crippen MR) is 105 cm³/mol. The Morgan fingerprint density at radius 1 is 1.08 bits per heavy atom. The zero-order chi connectivity index (χ0) is 18.7. The summed E-state index contributed by atoms with van der Waals surface area (Å²) in [6.45, 7) is 1.22. The SMILES string of the molecule is O=C(CCC(=O)N1CCN(S(=O)(=O)c2ccc(Br)s2)CC1)c1cccs1. The van der Waals surface area contributed by atoms with Crippen molar-refractivity contribution in [2.75, 3.05) is 26.2 Å². The van der Waals surface area contributed by atoms with E-state index >= 15 is 0 Å². The van der Waals surface area contributed by atoms with Gasteiger partial charge in [-0.3, -0.25) is 9.59 Å². The van der Waals surface area contributed by atoms with Crippen LogP contribution in [0.25, 0.3) is 0 Å². The van der Waals surface area contributed by atoms with Gasteiger partial charge in [-0.2, -0.15) is 4.31 Å². The van der Waals surface area contributed by atoms with E-state index in [1.807, 2.05) is 11.4 Å². The fourth-order valence-electron chi connectivity index (χ4n) is 2.68. The van der Waals surface area contributed by atoms with Crippen molar-refractivity contribution in [3.8, 4) is 0 Å². The maximum atomic E-state index is 12.6. The van der Waals surface area contributed by atoms with Crippen LogP contribution < -0.4 is 0 Å². The highest BCUT2D eigenvalue weighted by molar-refractivity contribution is 9.11. The molecule has 2 aromatic heterocycles. The maximum absolute atomic E-state index is 12.6. The first-order chi connectivity index (χ1) is 12.4. The Morgan fingerprint density at radius 2 is 1.81 bits per heavy atom. The molecule has 10 heteroatoms. The number of ketones is 1. The van der Waals surface area contributed by atoms with Crippen molar-refractivity contribution in [3.63, 3.8) is 0 Å². The van der Waals surface area contributed by atoms with E-state index in [0.717, 1.165) is 3.79 Å². The lowest BCUT2D eigenvalue weighted by Gasteiger charge is -2.33. The van der Waals surface area contributed by atoms with Gasteiger partial charge in [-0.15, -0.1) is 22.7 Å². The van der Waals surface area contributed by atoms with E-state index in [4.69, 9.17) is 0 Å². The molecule has 0 aromatic carbocycles. The van der Waals surface area contributed by atoms with Crippen LogP contribution in [0.2, 0.25) is 0 Å². The van der Waals surface area contributed by atoms with Crippen LogP contribution in [0, 0.1) is 0 Å². The normalized spacial score (nSPS) is 16.0. The van der Waals surface area contributed by atoms with Crippen LogP contribution in [0.5, 0.6) is 0 Å². The van der Waals surface area contributed by atoms with E-state index < -0.39 is 10.0 Å². The molecule has 0 atom stereocenters. The topological polar surface area (TPSA) is 74.8 Å². The smallest absolute Gasteiger partial charge is 0.252 e. The quantitative estimate of drug-likeness (QED) is 0.600. The Hall–Kier alpha value is -1.07. The minimum absolute atomic E-state index is 0.0298. The summed E-state index contributed by atoms with van der Waals surface area (Å²) in [6, 6.07) is 6.86. The zero-order valence-corrected chi connectivity index (χ0v) is 17.8. The first-order valence-corrected chi connectivity index (χ1v) is 11.9. The van der Waals surface area contributed by atoms with Gasteiger partial charge in [0.15, 0.2) is 5.78 Å². The highest BCUT2D eigenvalue weighted by Gasteiger charge is 2.31. The molecule has 1 amide bonds. The van der Waals surface area contributed by atoms with Crippen molar-refractivity contribution in [3.05, 3.63) is 38.3 Å². The molecule has 3 heterocycles. The van der Waals surface area contributed by atoms with Gasteiger partial charge in [0, 0.05) is 39.0 Å². The van der Waals surface area contributed by atoms with Gasteiger partial charge < -0.3 is 4.90 Å². The summed E-state index contributed by atoms with van der Waals surface area (Å²) in [7, 11) is -3.51. The molecule has 26 heavy (non-hydrogen) atoms. The summed E-state index contributed by atoms with van der Waals surface area (Å²) in [5.74, 6) is -0.136. The Balaban J connectivity index is 1.51. The number of hydrogen-bond acceptors (Lipinski definition) is 6. The standard InChI is InChI=1S/C16H17BrN2O4S3/c17-14-4-6-16(25-14)26(22,23)19-9-7-18(8-10-19)15(21)5-3-12(20)13-2-1-11-24-13/h1-2,4,6,11H,3,5,7-10H2. The molecule has 140 valence electrons. The molecule has 3 rings (SSSR count). The van der Waals surface area contributed by atoms with Crippen LogP contribution in [0.4, 0.5) is 0 Å². The first kappa shape index (κ1) is 19.7. The van der Waals surface area contributed by atoms with Crippen LogP contribution in [-0.4, -0.2) is 55.5 Å². The monoisotopic (exact) mass is 476 g/mol. The number of halogens is 1. The number of hydrogen-bond donors (Lipinski definition) is 0. The average molecular weight is 477 g/mol. The molecule has 0 N–H and O–H groups in total. The number of thiophene rings is 2. The molecule has 1 aliphatic heterocycles. The fourth-order valence-corrected chi connectivity index (χ4v) is 6.96. The summed E-state index contributed by atoms with van der Waals surface area (Å²) < 4.78 is 27.7. The summed E-state index contributed by atoms with van der Waals surface area (Å²) >= 11 is 5.82. The third-order valence-corrected chi connectivity index (χ3v) is 9.00. The summed E-state index contributed by atoms with van der Waals surface area (Å²) in [6.07, 6.45) is 0.336. The number of Topliss-reactive ketones (excluding diaryl/α,β-unsaturated/α-hetero) is 1. The second-order valence-corrected chi connectivity index (χ2v) is 11.3. The Bertz CT molecular complexity index is 885. The Kier molecular flexibility index (Phi) is 6.29. The average Bonchev–Trinajstić information content (AvgIpc) is 3.31. The molecule has 1 saturated heterocycles. The molecular formula is C16H17BrN2O4S3. The van der Waals surface area contributed by atoms with Crippen molar-refractivity contribution in [2.45, 2.75) is 17.1 Å². The van der Waals surface area contributed by atoms with Crippen molar-refractivity contribution in [2.24, 2.45) is 0 Å². The summed E-state index contributed by atoms with van der Waals surface area (Å²) in [5, 5.41) is 1.83. The highest BCUT2D eigenvalue weighted by Crippen LogP contribution is 2.29. The third kappa shape index (κ3) is 4.42. The van der Waals surface area contributed by atoms with Gasteiger partial charge in [-0.1, -0.05) is 6.07 Å².